The molecule has 0 fully saturated rings. The van der Waals surface area contributed by atoms with E-state index in [1.165, 1.54) is 6.21 Å². The highest BCUT2D eigenvalue weighted by Gasteiger charge is 2.14. The predicted molar refractivity (Wildman–Crippen MR) is 140 cm³/mol. The van der Waals surface area contributed by atoms with Gasteiger partial charge in [0, 0.05) is 16.1 Å². The minimum absolute atomic E-state index is 0.274. The molecule has 36 heavy (non-hydrogen) atoms. The Kier molecular flexibility index (Phi) is 7.72. The van der Waals surface area contributed by atoms with Crippen LogP contribution < -0.4 is 15.5 Å². The minimum Gasteiger partial charge on any atom is -0.422 e. The fraction of sp³-hybridized carbons (Fsp3) is 0.0714. The number of esters is 1. The van der Waals surface area contributed by atoms with E-state index in [1.807, 2.05) is 49.4 Å². The van der Waals surface area contributed by atoms with Crippen molar-refractivity contribution in [2.45, 2.75) is 6.92 Å². The van der Waals surface area contributed by atoms with Crippen LogP contribution >= 0.6 is 11.6 Å². The molecule has 0 spiro atoms. The molecule has 0 bridgehead atoms. The van der Waals surface area contributed by atoms with Crippen molar-refractivity contribution in [2.24, 2.45) is 5.10 Å². The fourth-order valence-corrected chi connectivity index (χ4v) is 3.54. The summed E-state index contributed by atoms with van der Waals surface area (Å²) in [5.74, 6) is -1.14. The van der Waals surface area contributed by atoms with Gasteiger partial charge in [0.1, 0.15) is 5.75 Å². The fourth-order valence-electron chi connectivity index (χ4n) is 3.42. The lowest BCUT2D eigenvalue weighted by atomic mass is 10.0. The number of hydrazone groups is 1. The minimum atomic E-state index is -0.521. The number of nitrogens with zero attached hydrogens (tertiary/aromatic N) is 1. The first kappa shape index (κ1) is 24.6. The van der Waals surface area contributed by atoms with Crippen molar-refractivity contribution in [3.05, 3.63) is 112 Å². The van der Waals surface area contributed by atoms with Gasteiger partial charge < -0.3 is 10.1 Å². The van der Waals surface area contributed by atoms with Gasteiger partial charge in [-0.1, -0.05) is 59.6 Å². The Balaban J connectivity index is 1.46. The number of fused-ring (bicyclic) bond motifs is 1. The highest BCUT2D eigenvalue weighted by atomic mass is 35.5. The van der Waals surface area contributed by atoms with Crippen molar-refractivity contribution >= 4 is 46.4 Å². The molecule has 0 aliphatic rings. The topological polar surface area (TPSA) is 96.9 Å². The first-order chi connectivity index (χ1) is 17.4. The maximum absolute atomic E-state index is 12.7. The maximum atomic E-state index is 12.7. The Bertz CT molecular complexity index is 1450. The number of amides is 2. The summed E-state index contributed by atoms with van der Waals surface area (Å²) >= 11 is 5.82. The Labute approximate surface area is 212 Å². The summed E-state index contributed by atoms with van der Waals surface area (Å²) in [6.07, 6.45) is 1.42. The zero-order chi connectivity index (χ0) is 25.5. The molecule has 0 heterocycles. The summed E-state index contributed by atoms with van der Waals surface area (Å²) in [4.78, 5) is 37.1. The van der Waals surface area contributed by atoms with Crippen LogP contribution in [0.25, 0.3) is 10.8 Å². The van der Waals surface area contributed by atoms with E-state index in [0.717, 1.165) is 16.3 Å². The summed E-state index contributed by atoms with van der Waals surface area (Å²) in [7, 11) is 0. The molecule has 0 saturated carbocycles. The van der Waals surface area contributed by atoms with Gasteiger partial charge in [0.05, 0.1) is 18.3 Å². The predicted octanol–water partition coefficient (Wildman–Crippen LogP) is 4.90. The first-order valence-electron chi connectivity index (χ1n) is 11.1. The summed E-state index contributed by atoms with van der Waals surface area (Å²) in [6.45, 7) is 1.66. The molecular weight excluding hydrogens is 478 g/mol. The molecular formula is C28H22ClN3O4. The van der Waals surface area contributed by atoms with Crippen molar-refractivity contribution in [1.29, 1.82) is 0 Å². The number of carbonyl (C=O) groups excluding carboxylic acids is 3. The van der Waals surface area contributed by atoms with Crippen LogP contribution in [0.3, 0.4) is 0 Å². The zero-order valence-electron chi connectivity index (χ0n) is 19.3. The molecule has 0 atom stereocenters. The summed E-state index contributed by atoms with van der Waals surface area (Å²) in [5.41, 5.74) is 4.74. The van der Waals surface area contributed by atoms with Crippen LogP contribution in [-0.4, -0.2) is 30.5 Å². The van der Waals surface area contributed by atoms with Gasteiger partial charge in [-0.15, -0.1) is 0 Å². The molecule has 4 rings (SSSR count). The molecule has 0 saturated heterocycles. The lowest BCUT2D eigenvalue weighted by Crippen LogP contribution is -2.34. The normalized spacial score (nSPS) is 10.8. The smallest absolute Gasteiger partial charge is 0.343 e. The van der Waals surface area contributed by atoms with Crippen LogP contribution in [0.1, 0.15) is 31.8 Å². The van der Waals surface area contributed by atoms with E-state index in [-0.39, 0.29) is 6.54 Å². The van der Waals surface area contributed by atoms with Gasteiger partial charge in [-0.3, -0.25) is 9.59 Å². The van der Waals surface area contributed by atoms with Gasteiger partial charge in [0.2, 0.25) is 0 Å². The maximum Gasteiger partial charge on any atom is 0.343 e. The Morgan fingerprint density at radius 1 is 0.889 bits per heavy atom. The second kappa shape index (κ2) is 11.3. The molecule has 8 heteroatoms. The average Bonchev–Trinajstić information content (AvgIpc) is 2.89. The van der Waals surface area contributed by atoms with Crippen LogP contribution in [0.5, 0.6) is 5.75 Å². The van der Waals surface area contributed by atoms with Crippen LogP contribution in [-0.2, 0) is 4.79 Å². The van der Waals surface area contributed by atoms with Crippen LogP contribution in [0, 0.1) is 6.92 Å². The number of carbonyl (C=O) groups is 3. The number of hydrogen-bond donors (Lipinski definition) is 2. The van der Waals surface area contributed by atoms with Crippen LogP contribution in [0.4, 0.5) is 0 Å². The van der Waals surface area contributed by atoms with Crippen LogP contribution in [0.2, 0.25) is 5.02 Å². The summed E-state index contributed by atoms with van der Waals surface area (Å²) in [5, 5.41) is 8.76. The Hall–Kier alpha value is -4.49. The monoisotopic (exact) mass is 499 g/mol. The largest absolute Gasteiger partial charge is 0.422 e. The van der Waals surface area contributed by atoms with E-state index < -0.39 is 17.8 Å². The van der Waals surface area contributed by atoms with E-state index in [2.05, 4.69) is 15.8 Å². The third-order valence-corrected chi connectivity index (χ3v) is 5.57. The molecule has 2 N–H and O–H groups in total. The molecule has 0 radical (unpaired) electrons. The van der Waals surface area contributed by atoms with Crippen LogP contribution in [0.15, 0.2) is 90.0 Å². The van der Waals surface area contributed by atoms with E-state index in [0.29, 0.717) is 27.5 Å². The van der Waals surface area contributed by atoms with Crippen molar-refractivity contribution in [2.75, 3.05) is 6.54 Å². The first-order valence-corrected chi connectivity index (χ1v) is 11.4. The van der Waals surface area contributed by atoms with Crippen molar-refractivity contribution in [3.8, 4) is 5.75 Å². The van der Waals surface area contributed by atoms with E-state index >= 15 is 0 Å². The molecule has 0 unspecified atom stereocenters. The Morgan fingerprint density at radius 2 is 1.58 bits per heavy atom. The van der Waals surface area contributed by atoms with Gasteiger partial charge in [0.15, 0.2) is 0 Å². The SMILES string of the molecule is Cc1ccc(C(=O)Oc2ccc3ccccc3c2C=NNC(=O)CNC(=O)c2ccc(Cl)cc2)cc1. The molecule has 0 aliphatic heterocycles. The number of benzene rings is 4. The molecule has 180 valence electrons. The Morgan fingerprint density at radius 3 is 2.33 bits per heavy atom. The zero-order valence-corrected chi connectivity index (χ0v) is 20.1. The molecule has 2 amide bonds. The van der Waals surface area contributed by atoms with Gasteiger partial charge in [-0.25, -0.2) is 10.2 Å². The molecule has 4 aromatic rings. The van der Waals surface area contributed by atoms with E-state index in [1.54, 1.807) is 42.5 Å². The van der Waals surface area contributed by atoms with Gasteiger partial charge in [-0.2, -0.15) is 5.10 Å². The second-order valence-electron chi connectivity index (χ2n) is 7.94. The quantitative estimate of drug-likeness (QED) is 0.163. The number of ether oxygens (including phenoxy) is 1. The van der Waals surface area contributed by atoms with Crippen molar-refractivity contribution in [1.82, 2.24) is 10.7 Å². The molecule has 0 aliphatic carbocycles. The highest BCUT2D eigenvalue weighted by molar-refractivity contribution is 6.30. The molecule has 0 aromatic heterocycles. The lowest BCUT2D eigenvalue weighted by molar-refractivity contribution is -0.120. The van der Waals surface area contributed by atoms with E-state index in [4.69, 9.17) is 16.3 Å². The third-order valence-electron chi connectivity index (χ3n) is 5.32. The van der Waals surface area contributed by atoms with Crippen molar-refractivity contribution in [3.63, 3.8) is 0 Å². The number of rotatable bonds is 7. The average molecular weight is 500 g/mol. The summed E-state index contributed by atoms with van der Waals surface area (Å²) in [6, 6.07) is 24.4. The number of aryl methyl sites for hydroxylation is 1. The summed E-state index contributed by atoms with van der Waals surface area (Å²) < 4.78 is 5.66. The number of hydrogen-bond acceptors (Lipinski definition) is 5. The van der Waals surface area contributed by atoms with Gasteiger partial charge in [-0.05, 0) is 60.2 Å². The third kappa shape index (κ3) is 6.14. The highest BCUT2D eigenvalue weighted by Crippen LogP contribution is 2.27. The van der Waals surface area contributed by atoms with Gasteiger partial charge in [0.25, 0.3) is 11.8 Å². The second-order valence-corrected chi connectivity index (χ2v) is 8.37. The lowest BCUT2D eigenvalue weighted by Gasteiger charge is -2.11. The number of halogens is 1. The van der Waals surface area contributed by atoms with E-state index in [9.17, 15) is 14.4 Å². The molecule has 4 aromatic carbocycles. The standard InChI is InChI=1S/C28H22ClN3O4/c1-18-6-8-21(9-7-18)28(35)36-25-15-12-19-4-2-3-5-23(19)24(25)16-31-32-26(33)17-30-27(34)20-10-13-22(29)14-11-20/h2-16H,17H2,1H3,(H,30,34)(H,32,33). The molecule has 7 nitrogen and oxygen atoms in total. The van der Waals surface area contributed by atoms with Gasteiger partial charge >= 0.3 is 5.97 Å². The van der Waals surface area contributed by atoms with Crippen molar-refractivity contribution < 1.29 is 19.1 Å². The number of nitrogens with one attached hydrogen (secondary N) is 2.